The summed E-state index contributed by atoms with van der Waals surface area (Å²) in [6.45, 7) is 6.37. The predicted octanol–water partition coefficient (Wildman–Crippen LogP) is -6.51. The van der Waals surface area contributed by atoms with Gasteiger partial charge in [0.25, 0.3) is 0 Å². The van der Waals surface area contributed by atoms with Crippen molar-refractivity contribution in [3.8, 4) is 0 Å². The van der Waals surface area contributed by atoms with Crippen LogP contribution in [0.15, 0.2) is 65.4 Å². The van der Waals surface area contributed by atoms with Gasteiger partial charge in [0.1, 0.15) is 66.5 Å². The molecule has 26 N–H and O–H groups in total. The van der Waals surface area contributed by atoms with Gasteiger partial charge >= 0.3 is 17.9 Å². The molecule has 40 heteroatoms. The van der Waals surface area contributed by atoms with Gasteiger partial charge in [0, 0.05) is 55.4 Å². The number of hydrogen-bond donors (Lipinski definition) is 21. The number of aliphatic imine (C=N–C) groups is 1. The van der Waals surface area contributed by atoms with E-state index in [2.05, 4.69) is 73.4 Å². The van der Waals surface area contributed by atoms with Gasteiger partial charge in [-0.1, -0.05) is 70.5 Å². The van der Waals surface area contributed by atoms with Crippen LogP contribution in [-0.2, 0) is 96.0 Å². The van der Waals surface area contributed by atoms with Crippen LogP contribution in [0.25, 0.3) is 0 Å². The number of carboxylic acid groups (broad SMARTS) is 3. The number of nitrogens with two attached hydrogens (primary N) is 5. The van der Waals surface area contributed by atoms with E-state index in [0.29, 0.717) is 22.6 Å². The normalized spacial score (nSPS) is 14.8. The lowest BCUT2D eigenvalue weighted by Gasteiger charge is -2.28. The lowest BCUT2D eigenvalue weighted by molar-refractivity contribution is -0.142. The zero-order chi connectivity index (χ0) is 77.2. The van der Waals surface area contributed by atoms with Gasteiger partial charge in [0.15, 0.2) is 5.96 Å². The highest BCUT2D eigenvalue weighted by molar-refractivity contribution is 7.09. The number of aliphatic carboxylic acids is 3. The van der Waals surface area contributed by atoms with Gasteiger partial charge < -0.3 is 113 Å². The van der Waals surface area contributed by atoms with Gasteiger partial charge in [0.05, 0.1) is 31.8 Å². The topological polar surface area (TPSA) is 658 Å². The maximum Gasteiger partial charge on any atom is 0.305 e. The van der Waals surface area contributed by atoms with Crippen molar-refractivity contribution in [2.75, 3.05) is 13.2 Å². The van der Waals surface area contributed by atoms with Crippen LogP contribution in [0.2, 0.25) is 0 Å². The lowest BCUT2D eigenvalue weighted by Crippen LogP contribution is -2.62. The number of aliphatic hydroxyl groups excluding tert-OH is 1. The standard InChI is InChI=1S/C63H93N19O20S/c1-6-31(4)49(65)61(101)81-44(28-83)60(100)75-38(17-19-47(87)88)55(95)82-50(30(2)3)62(102)80-42(25-45(64)84)59(99)78-41(24-35-14-11-21-103-35)58(98)79-43(26-48(89)90)56(96)72-32(5)52(92)73-37(16-18-46(85)86)54(94)77-40(22-33-12-8-7-9-13-33)57(97)74-36(15-10-20-70-63(67)68)53(93)76-39(51(66)91)23-34-27-69-29-71-34/h7-9,11-14,21,27,29-32,36-44,49-50,83H,6,10,15-20,22-26,28,65H2,1-5H3,(H2,64,84)(H2,66,91)(H,69,71)(H,72,96)(H,73,92)(H,74,97)(H,75,100)(H,76,93)(H,77,94)(H,78,99)(H,79,98)(H,80,102)(H,81,101)(H,82,95)(H,85,86)(H,87,88)(H,89,90)(H4,67,68,70)/t31-,32-,36-,37-,38-,39-,40-,41-,42-,43-,44-,49-,50-/m0/s1. The molecule has 3 rings (SSSR count). The number of carbonyl (C=O) groups is 16. The van der Waals surface area contributed by atoms with Gasteiger partial charge in [-0.05, 0) is 61.5 Å². The first-order valence-electron chi connectivity index (χ1n) is 32.6. The number of nitrogens with zero attached hydrogens (tertiary/aromatic N) is 2. The number of hydrogen-bond acceptors (Lipinski definition) is 21. The number of imidazole rings is 1. The molecule has 2 aromatic heterocycles. The molecule has 0 bridgehead atoms. The number of carboxylic acids is 3. The van der Waals surface area contributed by atoms with E-state index < -0.39 is 218 Å². The maximum atomic E-state index is 14.4. The van der Waals surface area contributed by atoms with E-state index in [1.54, 1.807) is 55.6 Å². The fraction of sp³-hybridized carbons (Fsp3) is 0.524. The summed E-state index contributed by atoms with van der Waals surface area (Å²) in [5.41, 5.74) is 28.9. The summed E-state index contributed by atoms with van der Waals surface area (Å²) in [5, 5.41) is 66.7. The Labute approximate surface area is 594 Å². The van der Waals surface area contributed by atoms with Crippen molar-refractivity contribution in [3.05, 3.63) is 76.5 Å². The summed E-state index contributed by atoms with van der Waals surface area (Å²) in [6, 6.07) is -8.58. The lowest BCUT2D eigenvalue weighted by atomic mass is 9.99. The van der Waals surface area contributed by atoms with E-state index in [9.17, 15) is 97.1 Å². The van der Waals surface area contributed by atoms with E-state index in [4.69, 9.17) is 28.7 Å². The summed E-state index contributed by atoms with van der Waals surface area (Å²) < 4.78 is 0. The summed E-state index contributed by atoms with van der Waals surface area (Å²) in [7, 11) is 0. The van der Waals surface area contributed by atoms with E-state index in [0.717, 1.165) is 18.3 Å². The molecule has 566 valence electrons. The Hall–Kier alpha value is -11.2. The Bertz CT molecular complexity index is 3450. The number of benzene rings is 1. The fourth-order valence-electron chi connectivity index (χ4n) is 9.71. The van der Waals surface area contributed by atoms with Gasteiger partial charge in [-0.25, -0.2) is 4.98 Å². The quantitative estimate of drug-likeness (QED) is 0.0142. The Kier molecular flexibility index (Phi) is 36.3. The molecular weight excluding hydrogens is 1370 g/mol. The third-order valence-electron chi connectivity index (χ3n) is 15.7. The molecule has 0 saturated carbocycles. The number of nitrogens with one attached hydrogen (secondary N) is 12. The average molecular weight is 1470 g/mol. The maximum absolute atomic E-state index is 14.4. The first kappa shape index (κ1) is 86.1. The van der Waals surface area contributed by atoms with Crippen LogP contribution in [0, 0.1) is 11.8 Å². The van der Waals surface area contributed by atoms with Gasteiger partial charge in [-0.15, -0.1) is 11.3 Å². The Morgan fingerprint density at radius 2 is 0.990 bits per heavy atom. The van der Waals surface area contributed by atoms with E-state index in [1.165, 1.54) is 32.4 Å². The molecule has 0 unspecified atom stereocenters. The third kappa shape index (κ3) is 31.1. The monoisotopic (exact) mass is 1470 g/mol. The molecule has 3 aromatic rings. The summed E-state index contributed by atoms with van der Waals surface area (Å²) in [5.74, 6) is -20.4. The number of amides is 13. The minimum Gasteiger partial charge on any atom is -0.481 e. The summed E-state index contributed by atoms with van der Waals surface area (Å²) in [4.78, 5) is 225. The van der Waals surface area contributed by atoms with Crippen molar-refractivity contribution < 1.29 is 97.1 Å². The summed E-state index contributed by atoms with van der Waals surface area (Å²) >= 11 is 1.08. The van der Waals surface area contributed by atoms with Crippen LogP contribution < -0.4 is 87.2 Å². The molecule has 39 nitrogen and oxygen atoms in total. The third-order valence-corrected chi connectivity index (χ3v) is 16.6. The molecule has 0 aliphatic carbocycles. The van der Waals surface area contributed by atoms with Crippen molar-refractivity contribution in [1.29, 1.82) is 0 Å². The highest BCUT2D eigenvalue weighted by Crippen LogP contribution is 2.15. The molecule has 13 amide bonds. The first-order valence-corrected chi connectivity index (χ1v) is 33.4. The number of aliphatic hydroxyl groups is 1. The van der Waals surface area contributed by atoms with Crippen molar-refractivity contribution in [2.45, 2.75) is 184 Å². The van der Waals surface area contributed by atoms with Crippen LogP contribution in [0.1, 0.15) is 109 Å². The minimum atomic E-state index is -2.07. The van der Waals surface area contributed by atoms with Crippen LogP contribution in [0.4, 0.5) is 0 Å². The van der Waals surface area contributed by atoms with Crippen molar-refractivity contribution in [2.24, 2.45) is 45.5 Å². The molecule has 0 radical (unpaired) electrons. The molecule has 1 aromatic carbocycles. The number of guanidine groups is 1. The van der Waals surface area contributed by atoms with Gasteiger partial charge in [-0.3, -0.25) is 81.7 Å². The zero-order valence-electron chi connectivity index (χ0n) is 57.3. The second-order valence-corrected chi connectivity index (χ2v) is 25.4. The molecule has 2 heterocycles. The number of thiophene rings is 1. The highest BCUT2D eigenvalue weighted by atomic mass is 32.1. The number of aromatic nitrogens is 2. The highest BCUT2D eigenvalue weighted by Gasteiger charge is 2.38. The number of primary amides is 2. The van der Waals surface area contributed by atoms with Crippen molar-refractivity contribution in [1.82, 2.24) is 68.5 Å². The van der Waals surface area contributed by atoms with E-state index >= 15 is 0 Å². The van der Waals surface area contributed by atoms with Crippen LogP contribution >= 0.6 is 11.3 Å². The number of rotatable bonds is 47. The second kappa shape index (κ2) is 43.5. The fourth-order valence-corrected chi connectivity index (χ4v) is 10.5. The Morgan fingerprint density at radius 3 is 1.49 bits per heavy atom. The van der Waals surface area contributed by atoms with Crippen LogP contribution in [0.3, 0.4) is 0 Å². The average Bonchev–Trinajstić information content (AvgIpc) is 1.53. The van der Waals surface area contributed by atoms with E-state index in [-0.39, 0.29) is 50.5 Å². The largest absolute Gasteiger partial charge is 0.481 e. The molecule has 0 spiro atoms. The second-order valence-electron chi connectivity index (χ2n) is 24.3. The predicted molar refractivity (Wildman–Crippen MR) is 366 cm³/mol. The van der Waals surface area contributed by atoms with E-state index in [1.807, 2.05) is 0 Å². The molecule has 0 aliphatic heterocycles. The Morgan fingerprint density at radius 1 is 0.515 bits per heavy atom. The molecule has 0 aliphatic rings. The smallest absolute Gasteiger partial charge is 0.305 e. The minimum absolute atomic E-state index is 0.0126. The molecule has 13 atom stereocenters. The number of H-pyrrole nitrogens is 1. The molecule has 0 saturated heterocycles. The Balaban J connectivity index is 1.90. The first-order chi connectivity index (χ1) is 48.5. The SMILES string of the molecule is CC[C@H](C)[C@H](N)C(=O)N[C@@H](CO)C(=O)N[C@@H](CCC(=O)O)C(=O)N[C@H](C(=O)N[C@@H](CC(N)=O)C(=O)N[C@@H](Cc1cccs1)C(=O)N[C@@H](CC(=O)O)C(=O)N[C@@H](C)C(=O)N[C@@H](CCC(=O)O)C(=O)N[C@@H](Cc1ccccc1)C(=O)N[C@@H](CCCN=C(N)N)C(=O)N[C@@H](Cc1cnc[nH]1)C(N)=O)C(C)C. The van der Waals surface area contributed by atoms with Crippen LogP contribution in [0.5, 0.6) is 0 Å². The summed E-state index contributed by atoms with van der Waals surface area (Å²) in [6.07, 6.45) is -2.45. The van der Waals surface area contributed by atoms with Crippen LogP contribution in [-0.4, -0.2) is 217 Å². The van der Waals surface area contributed by atoms with Gasteiger partial charge in [0.2, 0.25) is 76.8 Å². The number of carbonyl (C=O) groups excluding carboxylic acids is 13. The number of aromatic amines is 1. The van der Waals surface area contributed by atoms with Crippen molar-refractivity contribution >= 4 is 112 Å². The molecule has 0 fully saturated rings. The van der Waals surface area contributed by atoms with Crippen molar-refractivity contribution in [3.63, 3.8) is 0 Å². The molecule has 103 heavy (non-hydrogen) atoms. The molecular formula is C63H93N19O20S. The zero-order valence-corrected chi connectivity index (χ0v) is 58.1. The van der Waals surface area contributed by atoms with Gasteiger partial charge in [-0.2, -0.15) is 0 Å².